The Bertz CT molecular complexity index is 350. The first-order chi connectivity index (χ1) is 7.65. The largest absolute Gasteiger partial charge is 0.389 e. The van der Waals surface area contributed by atoms with Gasteiger partial charge in [0.25, 0.3) is 0 Å². The fourth-order valence-corrected chi connectivity index (χ4v) is 1.45. The van der Waals surface area contributed by atoms with Crippen LogP contribution in [0.25, 0.3) is 0 Å². The summed E-state index contributed by atoms with van der Waals surface area (Å²) in [5.41, 5.74) is 1.16. The third-order valence-corrected chi connectivity index (χ3v) is 2.36. The highest BCUT2D eigenvalue weighted by Crippen LogP contribution is 2.20. The van der Waals surface area contributed by atoms with Crippen LogP contribution in [0.5, 0.6) is 0 Å². The smallest absolute Gasteiger partial charge is 0.129 e. The number of benzene rings is 1. The van der Waals surface area contributed by atoms with Gasteiger partial charge in [0.1, 0.15) is 5.82 Å². The molecular weight excluding hydrogens is 205 g/mol. The molecule has 0 spiro atoms. The minimum Gasteiger partial charge on any atom is -0.389 e. The lowest BCUT2D eigenvalue weighted by Crippen LogP contribution is -2.03. The molecule has 0 fully saturated rings. The second kappa shape index (κ2) is 6.28. The van der Waals surface area contributed by atoms with Crippen LogP contribution in [-0.4, -0.2) is 11.7 Å². The van der Waals surface area contributed by atoms with Crippen molar-refractivity contribution in [3.8, 4) is 0 Å². The van der Waals surface area contributed by atoms with Crippen LogP contribution in [0.15, 0.2) is 30.9 Å². The zero-order valence-corrected chi connectivity index (χ0v) is 9.54. The van der Waals surface area contributed by atoms with E-state index in [9.17, 15) is 9.50 Å². The Labute approximate surface area is 95.8 Å². The molecule has 3 heteroatoms. The molecule has 0 heterocycles. The molecule has 0 radical (unpaired) electrons. The number of aliphatic hydroxyl groups is 1. The fourth-order valence-electron chi connectivity index (χ4n) is 1.45. The normalized spacial score (nSPS) is 12.2. The van der Waals surface area contributed by atoms with E-state index in [1.54, 1.807) is 19.1 Å². The number of halogens is 1. The van der Waals surface area contributed by atoms with E-state index in [2.05, 4.69) is 11.9 Å². The Hall–Kier alpha value is -1.35. The maximum absolute atomic E-state index is 13.3. The first-order valence-corrected chi connectivity index (χ1v) is 5.47. The van der Waals surface area contributed by atoms with Crippen molar-refractivity contribution in [2.75, 3.05) is 11.9 Å². The average molecular weight is 223 g/mol. The molecule has 0 aromatic heterocycles. The molecule has 0 aliphatic rings. The summed E-state index contributed by atoms with van der Waals surface area (Å²) in [6.45, 7) is 6.02. The highest BCUT2D eigenvalue weighted by atomic mass is 19.1. The SMILES string of the molecule is C=CCCCNc1ccc(F)c(C(C)O)c1. The van der Waals surface area contributed by atoms with Crippen molar-refractivity contribution in [2.24, 2.45) is 0 Å². The van der Waals surface area contributed by atoms with E-state index in [-0.39, 0.29) is 5.82 Å². The van der Waals surface area contributed by atoms with Crippen molar-refractivity contribution in [1.82, 2.24) is 0 Å². The molecule has 0 saturated carbocycles. The third-order valence-electron chi connectivity index (χ3n) is 2.36. The topological polar surface area (TPSA) is 32.3 Å². The van der Waals surface area contributed by atoms with Gasteiger partial charge in [0, 0.05) is 17.8 Å². The minimum atomic E-state index is -0.782. The molecule has 1 rings (SSSR count). The first-order valence-electron chi connectivity index (χ1n) is 5.47. The molecule has 16 heavy (non-hydrogen) atoms. The molecule has 1 aromatic carbocycles. The maximum Gasteiger partial charge on any atom is 0.129 e. The number of hydrogen-bond donors (Lipinski definition) is 2. The number of allylic oxidation sites excluding steroid dienone is 1. The number of unbranched alkanes of at least 4 members (excludes halogenated alkanes) is 1. The average Bonchev–Trinajstić information content (AvgIpc) is 2.26. The summed E-state index contributed by atoms with van der Waals surface area (Å²) in [6, 6.07) is 4.70. The lowest BCUT2D eigenvalue weighted by Gasteiger charge is -2.10. The van der Waals surface area contributed by atoms with Crippen molar-refractivity contribution in [3.05, 3.63) is 42.2 Å². The fraction of sp³-hybridized carbons (Fsp3) is 0.385. The van der Waals surface area contributed by atoms with E-state index in [0.29, 0.717) is 5.56 Å². The Balaban J connectivity index is 2.60. The number of anilines is 1. The van der Waals surface area contributed by atoms with E-state index < -0.39 is 6.10 Å². The Morgan fingerprint density at radius 2 is 2.31 bits per heavy atom. The maximum atomic E-state index is 13.3. The number of rotatable bonds is 6. The minimum absolute atomic E-state index is 0.328. The van der Waals surface area contributed by atoms with Crippen molar-refractivity contribution in [3.63, 3.8) is 0 Å². The van der Waals surface area contributed by atoms with Gasteiger partial charge in [0.15, 0.2) is 0 Å². The third kappa shape index (κ3) is 3.66. The second-order valence-electron chi connectivity index (χ2n) is 3.77. The van der Waals surface area contributed by atoms with Crippen molar-refractivity contribution in [2.45, 2.75) is 25.9 Å². The Morgan fingerprint density at radius 1 is 1.56 bits per heavy atom. The van der Waals surface area contributed by atoms with Crippen LogP contribution in [0.3, 0.4) is 0 Å². The summed E-state index contributed by atoms with van der Waals surface area (Å²) >= 11 is 0. The second-order valence-corrected chi connectivity index (χ2v) is 3.77. The molecule has 2 nitrogen and oxygen atoms in total. The molecule has 0 aliphatic carbocycles. The molecule has 2 N–H and O–H groups in total. The lowest BCUT2D eigenvalue weighted by molar-refractivity contribution is 0.194. The van der Waals surface area contributed by atoms with Gasteiger partial charge in [-0.25, -0.2) is 4.39 Å². The summed E-state index contributed by atoms with van der Waals surface area (Å²) in [5, 5.41) is 12.5. The van der Waals surface area contributed by atoms with Crippen LogP contribution in [0.4, 0.5) is 10.1 Å². The number of nitrogens with one attached hydrogen (secondary N) is 1. The predicted octanol–water partition coefficient (Wildman–Crippen LogP) is 3.26. The van der Waals surface area contributed by atoms with E-state index in [0.717, 1.165) is 25.1 Å². The van der Waals surface area contributed by atoms with Gasteiger partial charge in [-0.1, -0.05) is 6.08 Å². The van der Waals surface area contributed by atoms with Gasteiger partial charge in [-0.05, 0) is 38.0 Å². The van der Waals surface area contributed by atoms with Crippen LogP contribution in [0.1, 0.15) is 31.4 Å². The molecular formula is C13H18FNO. The van der Waals surface area contributed by atoms with Crippen LogP contribution in [0, 0.1) is 5.82 Å². The van der Waals surface area contributed by atoms with Gasteiger partial charge in [-0.15, -0.1) is 6.58 Å². The standard InChI is InChI=1S/C13H18FNO/c1-3-4-5-8-15-11-6-7-13(14)12(9-11)10(2)16/h3,6-7,9-10,15-16H,1,4-5,8H2,2H3. The molecule has 0 aliphatic heterocycles. The molecule has 88 valence electrons. The van der Waals surface area contributed by atoms with E-state index >= 15 is 0 Å². The first kappa shape index (κ1) is 12.7. The van der Waals surface area contributed by atoms with Crippen LogP contribution >= 0.6 is 0 Å². The molecule has 1 unspecified atom stereocenters. The van der Waals surface area contributed by atoms with Gasteiger partial charge in [0.2, 0.25) is 0 Å². The number of aliphatic hydroxyl groups excluding tert-OH is 1. The summed E-state index contributed by atoms with van der Waals surface area (Å²) in [4.78, 5) is 0. The highest BCUT2D eigenvalue weighted by Gasteiger charge is 2.08. The summed E-state index contributed by atoms with van der Waals surface area (Å²) in [5.74, 6) is -0.369. The van der Waals surface area contributed by atoms with E-state index in [1.807, 2.05) is 6.08 Å². The number of hydrogen-bond acceptors (Lipinski definition) is 2. The van der Waals surface area contributed by atoms with Crippen molar-refractivity contribution in [1.29, 1.82) is 0 Å². The highest BCUT2D eigenvalue weighted by molar-refractivity contribution is 5.46. The molecule has 0 amide bonds. The summed E-state index contributed by atoms with van der Waals surface area (Å²) in [7, 11) is 0. The summed E-state index contributed by atoms with van der Waals surface area (Å²) in [6.07, 6.45) is 3.03. The quantitative estimate of drug-likeness (QED) is 0.573. The van der Waals surface area contributed by atoms with Gasteiger partial charge in [0.05, 0.1) is 6.10 Å². The van der Waals surface area contributed by atoms with Gasteiger partial charge in [-0.2, -0.15) is 0 Å². The zero-order valence-electron chi connectivity index (χ0n) is 9.54. The van der Waals surface area contributed by atoms with E-state index in [4.69, 9.17) is 0 Å². The molecule has 1 atom stereocenters. The zero-order chi connectivity index (χ0) is 12.0. The predicted molar refractivity (Wildman–Crippen MR) is 65.0 cm³/mol. The lowest BCUT2D eigenvalue weighted by atomic mass is 10.1. The van der Waals surface area contributed by atoms with E-state index in [1.165, 1.54) is 6.07 Å². The van der Waals surface area contributed by atoms with Crippen LogP contribution in [0.2, 0.25) is 0 Å². The van der Waals surface area contributed by atoms with Crippen LogP contribution < -0.4 is 5.32 Å². The van der Waals surface area contributed by atoms with Gasteiger partial charge >= 0.3 is 0 Å². The monoisotopic (exact) mass is 223 g/mol. The molecule has 1 aromatic rings. The molecule has 0 bridgehead atoms. The van der Waals surface area contributed by atoms with Crippen molar-refractivity contribution < 1.29 is 9.50 Å². The Kier molecular flexibility index (Phi) is 4.99. The van der Waals surface area contributed by atoms with Gasteiger partial charge < -0.3 is 10.4 Å². The van der Waals surface area contributed by atoms with Crippen molar-refractivity contribution >= 4 is 5.69 Å². The van der Waals surface area contributed by atoms with Gasteiger partial charge in [-0.3, -0.25) is 0 Å². The summed E-state index contributed by atoms with van der Waals surface area (Å²) < 4.78 is 13.3. The van der Waals surface area contributed by atoms with Crippen LogP contribution in [-0.2, 0) is 0 Å². The Morgan fingerprint density at radius 3 is 2.94 bits per heavy atom. The molecule has 0 saturated heterocycles.